The smallest absolute Gasteiger partial charge is 0.221 e. The Morgan fingerprint density at radius 1 is 0.935 bits per heavy atom. The maximum Gasteiger partial charge on any atom is 0.221 e. The molecular weight excluding hydrogens is 414 g/mol. The molecule has 0 aliphatic heterocycles. The number of nitrogens with two attached hydrogens (primary N) is 1. The highest BCUT2D eigenvalue weighted by Crippen LogP contribution is 2.25. The predicted molar refractivity (Wildman–Crippen MR) is 117 cm³/mol. The summed E-state index contributed by atoms with van der Waals surface area (Å²) < 4.78 is 25.4. The fourth-order valence-electron chi connectivity index (χ4n) is 3.10. The molecule has 31 heavy (non-hydrogen) atoms. The highest BCUT2D eigenvalue weighted by Gasteiger charge is 2.13. The van der Waals surface area contributed by atoms with Crippen molar-refractivity contribution in [1.29, 1.82) is 0 Å². The van der Waals surface area contributed by atoms with E-state index in [0.717, 1.165) is 24.1 Å². The molecule has 1 aromatic carbocycles. The maximum atomic E-state index is 11.9. The molecule has 0 spiro atoms. The molecule has 3 aromatic heterocycles. The van der Waals surface area contributed by atoms with Gasteiger partial charge in [-0.05, 0) is 36.8 Å². The zero-order valence-corrected chi connectivity index (χ0v) is 17.9. The van der Waals surface area contributed by atoms with Crippen molar-refractivity contribution in [3.63, 3.8) is 0 Å². The molecule has 0 saturated heterocycles. The van der Waals surface area contributed by atoms with Crippen LogP contribution < -0.4 is 5.73 Å². The van der Waals surface area contributed by atoms with Crippen LogP contribution in [-0.4, -0.2) is 44.6 Å². The number of aromatic nitrogens is 6. The van der Waals surface area contributed by atoms with Gasteiger partial charge in [0.1, 0.15) is 5.69 Å². The minimum Gasteiger partial charge on any atom is -0.368 e. The van der Waals surface area contributed by atoms with Crippen molar-refractivity contribution < 1.29 is 8.42 Å². The Kier molecular flexibility index (Phi) is 5.47. The third-order valence-corrected chi connectivity index (χ3v) is 5.76. The van der Waals surface area contributed by atoms with Crippen LogP contribution in [0.2, 0.25) is 0 Å². The molecule has 3 heterocycles. The Labute approximate surface area is 179 Å². The normalized spacial score (nSPS) is 11.5. The maximum absolute atomic E-state index is 11.9. The Morgan fingerprint density at radius 2 is 1.68 bits per heavy atom. The number of sulfone groups is 1. The quantitative estimate of drug-likeness (QED) is 0.489. The van der Waals surface area contributed by atoms with Gasteiger partial charge in [0.15, 0.2) is 9.84 Å². The van der Waals surface area contributed by atoms with E-state index in [4.69, 9.17) is 5.73 Å². The molecule has 0 aliphatic rings. The van der Waals surface area contributed by atoms with Crippen molar-refractivity contribution in [2.75, 3.05) is 12.0 Å². The van der Waals surface area contributed by atoms with Crippen LogP contribution in [-0.2, 0) is 22.8 Å². The second kappa shape index (κ2) is 8.23. The number of rotatable bonds is 6. The molecule has 10 heteroatoms. The summed E-state index contributed by atoms with van der Waals surface area (Å²) in [6, 6.07) is 14.1. The summed E-state index contributed by atoms with van der Waals surface area (Å²) in [5, 5.41) is 8.37. The summed E-state index contributed by atoms with van der Waals surface area (Å²) in [5.41, 5.74) is 9.96. The number of nitrogen functional groups attached to an aromatic ring is 1. The van der Waals surface area contributed by atoms with E-state index in [0.29, 0.717) is 29.2 Å². The average Bonchev–Trinajstić information content (AvgIpc) is 3.21. The zero-order valence-electron chi connectivity index (χ0n) is 17.1. The molecule has 0 saturated carbocycles. The number of aryl methyl sites for hydroxylation is 1. The summed E-state index contributed by atoms with van der Waals surface area (Å²) in [7, 11) is -3.34. The van der Waals surface area contributed by atoms with Crippen LogP contribution in [0.15, 0.2) is 59.6 Å². The summed E-state index contributed by atoms with van der Waals surface area (Å²) >= 11 is 0. The van der Waals surface area contributed by atoms with E-state index in [9.17, 15) is 8.42 Å². The molecule has 158 valence electrons. The van der Waals surface area contributed by atoms with Crippen LogP contribution in [0, 0.1) is 0 Å². The first kappa shape index (κ1) is 20.6. The second-order valence-electron chi connectivity index (χ2n) is 7.07. The van der Waals surface area contributed by atoms with Gasteiger partial charge in [0.25, 0.3) is 0 Å². The fourth-order valence-corrected chi connectivity index (χ4v) is 3.77. The monoisotopic (exact) mass is 435 g/mol. The lowest BCUT2D eigenvalue weighted by Crippen LogP contribution is -2.03. The van der Waals surface area contributed by atoms with Gasteiger partial charge < -0.3 is 5.73 Å². The van der Waals surface area contributed by atoms with Gasteiger partial charge in [-0.25, -0.2) is 23.1 Å². The van der Waals surface area contributed by atoms with Gasteiger partial charge in [0.2, 0.25) is 5.95 Å². The van der Waals surface area contributed by atoms with Gasteiger partial charge in [-0.1, -0.05) is 30.3 Å². The van der Waals surface area contributed by atoms with Crippen LogP contribution in [0.4, 0.5) is 5.95 Å². The Hall–Kier alpha value is -3.66. The first-order valence-electron chi connectivity index (χ1n) is 9.62. The Bertz CT molecular complexity index is 1350. The summed E-state index contributed by atoms with van der Waals surface area (Å²) in [6.07, 6.45) is 3.79. The second-order valence-corrected chi connectivity index (χ2v) is 9.09. The highest BCUT2D eigenvalue weighted by molar-refractivity contribution is 7.90. The first-order chi connectivity index (χ1) is 14.8. The van der Waals surface area contributed by atoms with Gasteiger partial charge in [-0.3, -0.25) is 4.98 Å². The van der Waals surface area contributed by atoms with Gasteiger partial charge in [0, 0.05) is 17.5 Å². The highest BCUT2D eigenvalue weighted by atomic mass is 32.2. The van der Waals surface area contributed by atoms with Crippen molar-refractivity contribution in [2.45, 2.75) is 24.8 Å². The molecular formula is C21H21N7O2S. The molecule has 4 aromatic rings. The topological polar surface area (TPSA) is 130 Å². The molecule has 9 nitrogen and oxygen atoms in total. The third kappa shape index (κ3) is 4.75. The lowest BCUT2D eigenvalue weighted by molar-refractivity contribution is 0.602. The summed E-state index contributed by atoms with van der Waals surface area (Å²) in [6.45, 7) is 2.53. The summed E-state index contributed by atoms with van der Waals surface area (Å²) in [5.74, 6) is 0.0594. The van der Waals surface area contributed by atoms with E-state index >= 15 is 0 Å². The van der Waals surface area contributed by atoms with Crippen LogP contribution in [0.1, 0.15) is 18.3 Å². The molecule has 0 fully saturated rings. The first-order valence-corrected chi connectivity index (χ1v) is 11.5. The Balaban J connectivity index is 1.65. The molecule has 0 radical (unpaired) electrons. The van der Waals surface area contributed by atoms with Crippen molar-refractivity contribution in [2.24, 2.45) is 0 Å². The molecule has 2 N–H and O–H groups in total. The third-order valence-electron chi connectivity index (χ3n) is 4.65. The van der Waals surface area contributed by atoms with Gasteiger partial charge in [-0.15, -0.1) is 5.10 Å². The zero-order chi connectivity index (χ0) is 22.0. The van der Waals surface area contributed by atoms with E-state index in [1.165, 1.54) is 6.07 Å². The van der Waals surface area contributed by atoms with Crippen LogP contribution in [0.5, 0.6) is 0 Å². The van der Waals surface area contributed by atoms with Crippen molar-refractivity contribution in [3.05, 3.63) is 66.1 Å². The van der Waals surface area contributed by atoms with E-state index in [1.54, 1.807) is 35.1 Å². The minimum absolute atomic E-state index is 0.0594. The number of benzene rings is 1. The van der Waals surface area contributed by atoms with Gasteiger partial charge >= 0.3 is 0 Å². The fraction of sp³-hybridized carbons (Fsp3) is 0.190. The van der Waals surface area contributed by atoms with E-state index in [2.05, 4.69) is 32.2 Å². The van der Waals surface area contributed by atoms with Crippen molar-refractivity contribution >= 4 is 15.8 Å². The number of hydrogen-bond acceptors (Lipinski definition) is 8. The minimum atomic E-state index is -3.34. The van der Waals surface area contributed by atoms with Gasteiger partial charge in [-0.2, -0.15) is 0 Å². The van der Waals surface area contributed by atoms with E-state index < -0.39 is 9.84 Å². The van der Waals surface area contributed by atoms with Crippen LogP contribution in [0.25, 0.3) is 22.6 Å². The molecule has 0 atom stereocenters. The number of anilines is 1. The van der Waals surface area contributed by atoms with Crippen molar-refractivity contribution in [1.82, 2.24) is 29.9 Å². The molecule has 0 aliphatic carbocycles. The molecule has 0 amide bonds. The lowest BCUT2D eigenvalue weighted by Gasteiger charge is -2.06. The standard InChI is InChI=1S/C21H21N7O2S/c1-3-15-7-5-8-16(23-15)12-28-13-20(26-27-28)19-11-18(24-21(22)25-19)14-6-4-9-17(10-14)31(2,29)30/h4-11,13H,3,12H2,1-2H3,(H2,22,24,25). The van der Waals surface area contributed by atoms with Crippen LogP contribution >= 0.6 is 0 Å². The van der Waals surface area contributed by atoms with Crippen LogP contribution in [0.3, 0.4) is 0 Å². The lowest BCUT2D eigenvalue weighted by atomic mass is 10.1. The number of pyridine rings is 1. The predicted octanol–water partition coefficient (Wildman–Crippen LogP) is 2.39. The largest absolute Gasteiger partial charge is 0.368 e. The average molecular weight is 436 g/mol. The number of nitrogens with zero attached hydrogens (tertiary/aromatic N) is 6. The van der Waals surface area contributed by atoms with Gasteiger partial charge in [0.05, 0.1) is 34.7 Å². The van der Waals surface area contributed by atoms with E-state index in [1.807, 2.05) is 18.2 Å². The Morgan fingerprint density at radius 3 is 2.45 bits per heavy atom. The molecule has 0 unspecified atom stereocenters. The molecule has 0 bridgehead atoms. The molecule has 4 rings (SSSR count). The summed E-state index contributed by atoms with van der Waals surface area (Å²) in [4.78, 5) is 13.3. The SMILES string of the molecule is CCc1cccc(Cn2cc(-c3cc(-c4cccc(S(C)(=O)=O)c4)nc(N)n3)nn2)n1. The van der Waals surface area contributed by atoms with Crippen molar-refractivity contribution in [3.8, 4) is 22.6 Å². The number of hydrogen-bond donors (Lipinski definition) is 1. The van der Waals surface area contributed by atoms with E-state index in [-0.39, 0.29) is 10.8 Å².